The Hall–Kier alpha value is -5.60. The van der Waals surface area contributed by atoms with E-state index >= 15 is 0 Å². The maximum atomic E-state index is 6.53. The highest BCUT2D eigenvalue weighted by atomic mass is 16.3. The first-order valence-corrected chi connectivity index (χ1v) is 14.7. The lowest BCUT2D eigenvalue weighted by Crippen LogP contribution is -2.06. The van der Waals surface area contributed by atoms with Gasteiger partial charge in [0, 0.05) is 27.8 Å². The van der Waals surface area contributed by atoms with E-state index in [0.29, 0.717) is 0 Å². The summed E-state index contributed by atoms with van der Waals surface area (Å²) in [5.41, 5.74) is 17.4. The average Bonchev–Trinajstić information content (AvgIpc) is 3.46. The zero-order valence-corrected chi connectivity index (χ0v) is 23.6. The van der Waals surface area contributed by atoms with Crippen LogP contribution in [0.4, 0.5) is 5.69 Å². The van der Waals surface area contributed by atoms with Crippen LogP contribution in [-0.4, -0.2) is 0 Å². The van der Waals surface area contributed by atoms with Gasteiger partial charge < -0.3 is 10.2 Å². The van der Waals surface area contributed by atoms with E-state index in [1.54, 1.807) is 0 Å². The predicted octanol–water partition coefficient (Wildman–Crippen LogP) is 10.8. The van der Waals surface area contributed by atoms with Crippen LogP contribution in [0.2, 0.25) is 0 Å². The van der Waals surface area contributed by atoms with Crippen molar-refractivity contribution >= 4 is 38.4 Å². The number of benzene rings is 7. The van der Waals surface area contributed by atoms with Gasteiger partial charge in [0.05, 0.1) is 0 Å². The molecule has 0 aliphatic carbocycles. The predicted molar refractivity (Wildman–Crippen MR) is 180 cm³/mol. The topological polar surface area (TPSA) is 39.2 Å². The Bertz CT molecular complexity index is 2260. The van der Waals surface area contributed by atoms with Crippen LogP contribution in [0.3, 0.4) is 0 Å². The minimum atomic E-state index is 0.0337. The Labute approximate surface area is 250 Å². The van der Waals surface area contributed by atoms with Gasteiger partial charge in [-0.3, -0.25) is 0 Å². The first-order valence-electron chi connectivity index (χ1n) is 14.7. The standard InChI is InChI=1S/C41H29NO/c42-37-21-7-6-19-35(37)39(28-12-2-1-3-13-28)32-17-9-15-30(26-32)29-14-8-16-31(25-29)33-20-10-22-38-40(33)36-24-23-27-11-4-5-18-34(27)41(36)43-38/h1-26,39H,42H2. The van der Waals surface area contributed by atoms with Crippen molar-refractivity contribution < 1.29 is 4.42 Å². The molecule has 7 aromatic carbocycles. The minimum Gasteiger partial charge on any atom is -0.455 e. The summed E-state index contributed by atoms with van der Waals surface area (Å²) >= 11 is 0. The van der Waals surface area contributed by atoms with E-state index in [1.165, 1.54) is 33.2 Å². The summed E-state index contributed by atoms with van der Waals surface area (Å²) in [6.07, 6.45) is 0. The molecule has 2 heteroatoms. The van der Waals surface area contributed by atoms with Crippen LogP contribution in [0.15, 0.2) is 162 Å². The van der Waals surface area contributed by atoms with Crippen molar-refractivity contribution in [1.82, 2.24) is 0 Å². The van der Waals surface area contributed by atoms with Crippen LogP contribution in [0.5, 0.6) is 0 Å². The molecule has 1 atom stereocenters. The highest BCUT2D eigenvalue weighted by Crippen LogP contribution is 2.41. The maximum Gasteiger partial charge on any atom is 0.143 e. The summed E-state index contributed by atoms with van der Waals surface area (Å²) in [6.45, 7) is 0. The van der Waals surface area contributed by atoms with Gasteiger partial charge in [0.1, 0.15) is 11.2 Å². The number of nitrogens with two attached hydrogens (primary N) is 1. The summed E-state index contributed by atoms with van der Waals surface area (Å²) < 4.78 is 6.47. The highest BCUT2D eigenvalue weighted by Gasteiger charge is 2.20. The molecule has 1 heterocycles. The Morgan fingerprint density at radius 3 is 2.07 bits per heavy atom. The molecule has 0 radical (unpaired) electrons. The molecule has 0 amide bonds. The van der Waals surface area contributed by atoms with Crippen LogP contribution in [0, 0.1) is 0 Å². The number of nitrogen functional groups attached to an aromatic ring is 1. The molecule has 0 aliphatic rings. The van der Waals surface area contributed by atoms with E-state index < -0.39 is 0 Å². The fraction of sp³-hybridized carbons (Fsp3) is 0.0244. The van der Waals surface area contributed by atoms with Crippen LogP contribution in [-0.2, 0) is 0 Å². The van der Waals surface area contributed by atoms with Crippen molar-refractivity contribution in [2.24, 2.45) is 0 Å². The van der Waals surface area contributed by atoms with Crippen molar-refractivity contribution in [2.75, 3.05) is 5.73 Å². The average molecular weight is 552 g/mol. The first kappa shape index (κ1) is 25.1. The van der Waals surface area contributed by atoms with Crippen molar-refractivity contribution in [3.8, 4) is 22.3 Å². The SMILES string of the molecule is Nc1ccccc1C(c1ccccc1)c1cccc(-c2cccc(-c3cccc4oc5c6ccccc6ccc5c34)c2)c1. The van der Waals surface area contributed by atoms with Crippen LogP contribution in [0.1, 0.15) is 22.6 Å². The van der Waals surface area contributed by atoms with E-state index in [0.717, 1.165) is 44.1 Å². The minimum absolute atomic E-state index is 0.0337. The molecular formula is C41H29NO. The monoisotopic (exact) mass is 551 g/mol. The molecule has 1 unspecified atom stereocenters. The normalized spacial score (nSPS) is 12.2. The summed E-state index contributed by atoms with van der Waals surface area (Å²) in [6, 6.07) is 55.7. The molecule has 0 saturated heterocycles. The number of fused-ring (bicyclic) bond motifs is 5. The van der Waals surface area contributed by atoms with Crippen molar-refractivity contribution in [1.29, 1.82) is 0 Å². The lowest BCUT2D eigenvalue weighted by molar-refractivity contribution is 0.673. The fourth-order valence-electron chi connectivity index (χ4n) is 6.53. The summed E-state index contributed by atoms with van der Waals surface area (Å²) in [4.78, 5) is 0. The molecule has 2 nitrogen and oxygen atoms in total. The van der Waals surface area contributed by atoms with Crippen molar-refractivity contribution in [2.45, 2.75) is 5.92 Å². The lowest BCUT2D eigenvalue weighted by Gasteiger charge is -2.21. The lowest BCUT2D eigenvalue weighted by atomic mass is 9.83. The fourth-order valence-corrected chi connectivity index (χ4v) is 6.53. The van der Waals surface area contributed by atoms with Gasteiger partial charge in [0.2, 0.25) is 0 Å². The van der Waals surface area contributed by atoms with Gasteiger partial charge in [0.15, 0.2) is 0 Å². The van der Waals surface area contributed by atoms with Crippen LogP contribution < -0.4 is 5.73 Å². The zero-order valence-electron chi connectivity index (χ0n) is 23.6. The highest BCUT2D eigenvalue weighted by molar-refractivity contribution is 6.19. The number of para-hydroxylation sites is 1. The van der Waals surface area contributed by atoms with Gasteiger partial charge in [-0.1, -0.05) is 133 Å². The Kier molecular flexibility index (Phi) is 6.05. The van der Waals surface area contributed by atoms with Gasteiger partial charge in [0.25, 0.3) is 0 Å². The number of furan rings is 1. The second-order valence-corrected chi connectivity index (χ2v) is 11.1. The first-order chi connectivity index (χ1) is 21.2. The summed E-state index contributed by atoms with van der Waals surface area (Å²) in [5, 5.41) is 4.61. The molecule has 1 aromatic heterocycles. The Balaban J connectivity index is 1.26. The Morgan fingerprint density at radius 2 is 1.19 bits per heavy atom. The van der Waals surface area contributed by atoms with Gasteiger partial charge >= 0.3 is 0 Å². The van der Waals surface area contributed by atoms with Crippen molar-refractivity contribution in [3.63, 3.8) is 0 Å². The van der Waals surface area contributed by atoms with Gasteiger partial charge in [-0.05, 0) is 68.6 Å². The molecule has 0 bridgehead atoms. The van der Waals surface area contributed by atoms with E-state index in [9.17, 15) is 0 Å². The molecule has 0 saturated carbocycles. The smallest absolute Gasteiger partial charge is 0.143 e. The summed E-state index contributed by atoms with van der Waals surface area (Å²) in [7, 11) is 0. The molecule has 0 fully saturated rings. The molecule has 0 aliphatic heterocycles. The number of hydrogen-bond acceptors (Lipinski definition) is 2. The number of rotatable bonds is 5. The Morgan fingerprint density at radius 1 is 0.488 bits per heavy atom. The molecule has 8 aromatic rings. The third-order valence-corrected chi connectivity index (χ3v) is 8.55. The maximum absolute atomic E-state index is 6.53. The second-order valence-electron chi connectivity index (χ2n) is 11.1. The molecular weight excluding hydrogens is 522 g/mol. The van der Waals surface area contributed by atoms with Crippen LogP contribution >= 0.6 is 0 Å². The zero-order chi connectivity index (χ0) is 28.8. The number of hydrogen-bond donors (Lipinski definition) is 1. The molecule has 8 rings (SSSR count). The van der Waals surface area contributed by atoms with E-state index in [1.807, 2.05) is 12.1 Å². The van der Waals surface area contributed by atoms with Gasteiger partial charge in [-0.2, -0.15) is 0 Å². The molecule has 43 heavy (non-hydrogen) atoms. The van der Waals surface area contributed by atoms with E-state index in [4.69, 9.17) is 10.2 Å². The molecule has 0 spiro atoms. The quantitative estimate of drug-likeness (QED) is 0.171. The molecule has 204 valence electrons. The van der Waals surface area contributed by atoms with E-state index in [2.05, 4.69) is 146 Å². The number of anilines is 1. The largest absolute Gasteiger partial charge is 0.455 e. The third-order valence-electron chi connectivity index (χ3n) is 8.55. The van der Waals surface area contributed by atoms with Gasteiger partial charge in [-0.25, -0.2) is 0 Å². The van der Waals surface area contributed by atoms with Crippen LogP contribution in [0.25, 0.3) is 55.0 Å². The van der Waals surface area contributed by atoms with E-state index in [-0.39, 0.29) is 5.92 Å². The van der Waals surface area contributed by atoms with Crippen molar-refractivity contribution in [3.05, 3.63) is 174 Å². The second kappa shape index (κ2) is 10.3. The van der Waals surface area contributed by atoms with Gasteiger partial charge in [-0.15, -0.1) is 0 Å². The molecule has 2 N–H and O–H groups in total. The third kappa shape index (κ3) is 4.36. The summed E-state index contributed by atoms with van der Waals surface area (Å²) in [5.74, 6) is 0.0337.